The molecule has 1 aromatic carbocycles. The Balaban J connectivity index is 2.06. The number of rotatable bonds is 5. The molecular formula is C15H23BrN2O. The molecule has 2 atom stereocenters. The first kappa shape index (κ1) is 15.0. The summed E-state index contributed by atoms with van der Waals surface area (Å²) in [6, 6.07) is 6.73. The Kier molecular flexibility index (Phi) is 5.39. The smallest absolute Gasteiger partial charge is 0.0702 e. The van der Waals surface area contributed by atoms with E-state index in [2.05, 4.69) is 53.0 Å². The predicted octanol–water partition coefficient (Wildman–Crippen LogP) is 2.87. The molecule has 0 radical (unpaired) electrons. The van der Waals surface area contributed by atoms with E-state index < -0.39 is 0 Å². The molecule has 0 spiro atoms. The van der Waals surface area contributed by atoms with Gasteiger partial charge in [-0.05, 0) is 44.0 Å². The van der Waals surface area contributed by atoms with E-state index in [0.29, 0.717) is 12.6 Å². The molecule has 1 heterocycles. The van der Waals surface area contributed by atoms with Crippen molar-refractivity contribution in [2.24, 2.45) is 5.73 Å². The molecule has 19 heavy (non-hydrogen) atoms. The summed E-state index contributed by atoms with van der Waals surface area (Å²) >= 11 is 3.54. The van der Waals surface area contributed by atoms with Gasteiger partial charge in [-0.15, -0.1) is 0 Å². The van der Waals surface area contributed by atoms with E-state index in [1.165, 1.54) is 24.0 Å². The van der Waals surface area contributed by atoms with E-state index in [-0.39, 0.29) is 6.04 Å². The van der Waals surface area contributed by atoms with Crippen LogP contribution in [0.2, 0.25) is 0 Å². The summed E-state index contributed by atoms with van der Waals surface area (Å²) in [7, 11) is 2.14. The van der Waals surface area contributed by atoms with Crippen LogP contribution in [0.1, 0.15) is 30.0 Å². The average molecular weight is 327 g/mol. The van der Waals surface area contributed by atoms with E-state index in [1.807, 2.05) is 0 Å². The monoisotopic (exact) mass is 326 g/mol. The fourth-order valence-corrected chi connectivity index (χ4v) is 2.93. The minimum Gasteiger partial charge on any atom is -0.377 e. The minimum atomic E-state index is 0.260. The Morgan fingerprint density at radius 3 is 2.89 bits per heavy atom. The molecule has 0 bridgehead atoms. The summed E-state index contributed by atoms with van der Waals surface area (Å²) in [4.78, 5) is 2.32. The van der Waals surface area contributed by atoms with E-state index >= 15 is 0 Å². The van der Waals surface area contributed by atoms with Gasteiger partial charge in [-0.2, -0.15) is 0 Å². The molecule has 1 fully saturated rings. The first-order chi connectivity index (χ1) is 9.11. The van der Waals surface area contributed by atoms with E-state index in [9.17, 15) is 0 Å². The van der Waals surface area contributed by atoms with Crippen LogP contribution in [0.4, 0.5) is 0 Å². The van der Waals surface area contributed by atoms with Crippen LogP contribution >= 0.6 is 15.9 Å². The lowest BCUT2D eigenvalue weighted by atomic mass is 10.0. The second-order valence-corrected chi connectivity index (χ2v) is 6.19. The largest absolute Gasteiger partial charge is 0.377 e. The van der Waals surface area contributed by atoms with Gasteiger partial charge in [0.15, 0.2) is 0 Å². The molecule has 2 unspecified atom stereocenters. The van der Waals surface area contributed by atoms with Crippen LogP contribution in [0.3, 0.4) is 0 Å². The van der Waals surface area contributed by atoms with Crippen LogP contribution < -0.4 is 5.73 Å². The van der Waals surface area contributed by atoms with Gasteiger partial charge in [0.2, 0.25) is 0 Å². The zero-order valence-corrected chi connectivity index (χ0v) is 13.3. The quantitative estimate of drug-likeness (QED) is 0.904. The number of halogens is 1. The SMILES string of the molecule is Cc1cc(C(CN)N(C)CC2CCCO2)ccc1Br. The van der Waals surface area contributed by atoms with Gasteiger partial charge in [-0.3, -0.25) is 4.90 Å². The molecule has 3 nitrogen and oxygen atoms in total. The number of ether oxygens (including phenoxy) is 1. The number of hydrogen-bond donors (Lipinski definition) is 1. The Morgan fingerprint density at radius 1 is 1.53 bits per heavy atom. The normalized spacial score (nSPS) is 21.0. The molecule has 2 N–H and O–H groups in total. The van der Waals surface area contributed by atoms with Crippen LogP contribution in [-0.2, 0) is 4.74 Å². The third-order valence-electron chi connectivity index (χ3n) is 3.84. The second kappa shape index (κ2) is 6.84. The van der Waals surface area contributed by atoms with E-state index in [0.717, 1.165) is 17.6 Å². The van der Waals surface area contributed by atoms with Gasteiger partial charge in [-0.1, -0.05) is 28.1 Å². The third kappa shape index (κ3) is 3.78. The number of hydrogen-bond acceptors (Lipinski definition) is 3. The highest BCUT2D eigenvalue weighted by Gasteiger charge is 2.22. The lowest BCUT2D eigenvalue weighted by Gasteiger charge is -2.29. The predicted molar refractivity (Wildman–Crippen MR) is 82.3 cm³/mol. The summed E-state index contributed by atoms with van der Waals surface area (Å²) in [5.41, 5.74) is 8.51. The number of benzene rings is 1. The highest BCUT2D eigenvalue weighted by Crippen LogP contribution is 2.25. The van der Waals surface area contributed by atoms with Crippen molar-refractivity contribution < 1.29 is 4.74 Å². The first-order valence-corrected chi connectivity index (χ1v) is 7.69. The maximum atomic E-state index is 5.97. The molecule has 1 aromatic rings. The van der Waals surface area contributed by atoms with Crippen LogP contribution in [0.5, 0.6) is 0 Å². The lowest BCUT2D eigenvalue weighted by molar-refractivity contribution is 0.0689. The topological polar surface area (TPSA) is 38.5 Å². The van der Waals surface area contributed by atoms with Crippen molar-refractivity contribution in [3.05, 3.63) is 33.8 Å². The average Bonchev–Trinajstić information content (AvgIpc) is 2.87. The zero-order chi connectivity index (χ0) is 13.8. The number of aryl methyl sites for hydroxylation is 1. The molecule has 0 saturated carbocycles. The van der Waals surface area contributed by atoms with Gasteiger partial charge in [0.1, 0.15) is 0 Å². The fourth-order valence-electron chi connectivity index (χ4n) is 2.68. The lowest BCUT2D eigenvalue weighted by Crippen LogP contribution is -2.36. The Bertz CT molecular complexity index is 419. The van der Waals surface area contributed by atoms with Gasteiger partial charge in [0.25, 0.3) is 0 Å². The molecular weight excluding hydrogens is 304 g/mol. The molecule has 4 heteroatoms. The minimum absolute atomic E-state index is 0.260. The second-order valence-electron chi connectivity index (χ2n) is 5.33. The van der Waals surface area contributed by atoms with Gasteiger partial charge in [0.05, 0.1) is 6.10 Å². The third-order valence-corrected chi connectivity index (χ3v) is 4.73. The molecule has 0 aliphatic carbocycles. The van der Waals surface area contributed by atoms with Crippen molar-refractivity contribution in [2.75, 3.05) is 26.7 Å². The van der Waals surface area contributed by atoms with Crippen LogP contribution in [0, 0.1) is 6.92 Å². The molecule has 0 amide bonds. The number of likely N-dealkylation sites (N-methyl/N-ethyl adjacent to an activating group) is 1. The Hall–Kier alpha value is -0.420. The molecule has 1 aliphatic heterocycles. The summed E-state index contributed by atoms with van der Waals surface area (Å²) in [5.74, 6) is 0. The van der Waals surface area contributed by atoms with Crippen molar-refractivity contribution >= 4 is 15.9 Å². The molecule has 1 saturated heterocycles. The van der Waals surface area contributed by atoms with E-state index in [4.69, 9.17) is 10.5 Å². The van der Waals surface area contributed by atoms with Gasteiger partial charge >= 0.3 is 0 Å². The maximum Gasteiger partial charge on any atom is 0.0702 e. The maximum absolute atomic E-state index is 5.97. The Morgan fingerprint density at radius 2 is 2.32 bits per heavy atom. The highest BCUT2D eigenvalue weighted by molar-refractivity contribution is 9.10. The fraction of sp³-hybridized carbons (Fsp3) is 0.600. The summed E-state index contributed by atoms with van der Waals surface area (Å²) < 4.78 is 6.85. The van der Waals surface area contributed by atoms with E-state index in [1.54, 1.807) is 0 Å². The Labute approximate surface area is 124 Å². The zero-order valence-electron chi connectivity index (χ0n) is 11.7. The number of nitrogens with zero attached hydrogens (tertiary/aromatic N) is 1. The molecule has 0 aromatic heterocycles. The van der Waals surface area contributed by atoms with Crippen molar-refractivity contribution in [1.82, 2.24) is 4.90 Å². The van der Waals surface area contributed by atoms with Crippen LogP contribution in [0.15, 0.2) is 22.7 Å². The van der Waals surface area contributed by atoms with Crippen molar-refractivity contribution in [3.63, 3.8) is 0 Å². The van der Waals surface area contributed by atoms with Crippen molar-refractivity contribution in [3.8, 4) is 0 Å². The van der Waals surface area contributed by atoms with Crippen LogP contribution in [-0.4, -0.2) is 37.7 Å². The molecule has 1 aliphatic rings. The van der Waals surface area contributed by atoms with Crippen molar-refractivity contribution in [1.29, 1.82) is 0 Å². The molecule has 106 valence electrons. The first-order valence-electron chi connectivity index (χ1n) is 6.89. The van der Waals surface area contributed by atoms with Gasteiger partial charge in [0, 0.05) is 30.2 Å². The van der Waals surface area contributed by atoms with Crippen molar-refractivity contribution in [2.45, 2.75) is 31.9 Å². The highest BCUT2D eigenvalue weighted by atomic mass is 79.9. The molecule has 2 rings (SSSR count). The summed E-state index contributed by atoms with van der Waals surface area (Å²) in [6.07, 6.45) is 2.72. The summed E-state index contributed by atoms with van der Waals surface area (Å²) in [6.45, 7) is 4.60. The standard InChI is InChI=1S/C15H23BrN2O/c1-11-8-12(5-6-14(11)16)15(9-17)18(2)10-13-4-3-7-19-13/h5-6,8,13,15H,3-4,7,9-10,17H2,1-2H3. The van der Waals surface area contributed by atoms with Gasteiger partial charge < -0.3 is 10.5 Å². The number of nitrogens with two attached hydrogens (primary N) is 1. The summed E-state index contributed by atoms with van der Waals surface area (Å²) in [5, 5.41) is 0. The van der Waals surface area contributed by atoms with Gasteiger partial charge in [-0.25, -0.2) is 0 Å². The van der Waals surface area contributed by atoms with Crippen LogP contribution in [0.25, 0.3) is 0 Å².